The van der Waals surface area contributed by atoms with E-state index in [-0.39, 0.29) is 11.8 Å². The third kappa shape index (κ3) is 3.32. The van der Waals surface area contributed by atoms with E-state index in [0.717, 1.165) is 11.3 Å². The standard InChI is InChI=1S/C18H16ClN3O2S/c1-11-7-13(19)4-5-15(11)22-10-12(8-17(22)23)18-20-16(24-21-18)9-14-3-2-6-25-14/h2-7,12H,8-10H2,1H3. The van der Waals surface area contributed by atoms with Crippen LogP contribution in [0.4, 0.5) is 5.69 Å². The Labute approximate surface area is 154 Å². The first-order chi connectivity index (χ1) is 12.1. The highest BCUT2D eigenvalue weighted by Gasteiger charge is 2.35. The Morgan fingerprint density at radius 3 is 3.04 bits per heavy atom. The summed E-state index contributed by atoms with van der Waals surface area (Å²) < 4.78 is 5.36. The van der Waals surface area contributed by atoms with Gasteiger partial charge in [0.1, 0.15) is 0 Å². The highest BCUT2D eigenvalue weighted by Crippen LogP contribution is 2.33. The molecule has 0 N–H and O–H groups in total. The van der Waals surface area contributed by atoms with Crippen molar-refractivity contribution in [2.75, 3.05) is 11.4 Å². The van der Waals surface area contributed by atoms with E-state index >= 15 is 0 Å². The normalized spacial score (nSPS) is 17.4. The summed E-state index contributed by atoms with van der Waals surface area (Å²) in [6, 6.07) is 9.59. The molecule has 4 rings (SSSR count). The van der Waals surface area contributed by atoms with Gasteiger partial charge in [0.25, 0.3) is 0 Å². The smallest absolute Gasteiger partial charge is 0.231 e. The fraction of sp³-hybridized carbons (Fsp3) is 0.278. The minimum Gasteiger partial charge on any atom is -0.339 e. The van der Waals surface area contributed by atoms with Crippen molar-refractivity contribution in [1.82, 2.24) is 10.1 Å². The predicted octanol–water partition coefficient (Wildman–Crippen LogP) is 4.20. The average Bonchev–Trinajstić information content (AvgIpc) is 3.30. The van der Waals surface area contributed by atoms with Gasteiger partial charge in [-0.05, 0) is 42.1 Å². The molecule has 1 unspecified atom stereocenters. The summed E-state index contributed by atoms with van der Waals surface area (Å²) in [5.74, 6) is 1.21. The molecule has 3 heterocycles. The van der Waals surface area contributed by atoms with Crippen molar-refractivity contribution in [3.05, 3.63) is 62.9 Å². The molecule has 1 aliphatic rings. The molecule has 25 heavy (non-hydrogen) atoms. The summed E-state index contributed by atoms with van der Waals surface area (Å²) >= 11 is 7.67. The van der Waals surface area contributed by atoms with E-state index in [0.29, 0.717) is 36.1 Å². The number of amides is 1. The van der Waals surface area contributed by atoms with Crippen molar-refractivity contribution in [2.24, 2.45) is 0 Å². The quantitative estimate of drug-likeness (QED) is 0.687. The lowest BCUT2D eigenvalue weighted by Crippen LogP contribution is -2.25. The molecule has 0 aliphatic carbocycles. The van der Waals surface area contributed by atoms with Gasteiger partial charge in [0, 0.05) is 34.5 Å². The molecule has 5 nitrogen and oxygen atoms in total. The van der Waals surface area contributed by atoms with Gasteiger partial charge < -0.3 is 9.42 Å². The van der Waals surface area contributed by atoms with Crippen LogP contribution in [0.2, 0.25) is 5.02 Å². The van der Waals surface area contributed by atoms with E-state index in [9.17, 15) is 4.79 Å². The molecule has 1 aromatic carbocycles. The van der Waals surface area contributed by atoms with Gasteiger partial charge in [-0.1, -0.05) is 22.8 Å². The maximum Gasteiger partial charge on any atom is 0.231 e. The number of carbonyl (C=O) groups excluding carboxylic acids is 1. The number of thiophene rings is 1. The molecule has 0 saturated carbocycles. The van der Waals surface area contributed by atoms with Crippen molar-refractivity contribution >= 4 is 34.5 Å². The summed E-state index contributed by atoms with van der Waals surface area (Å²) in [5, 5.41) is 6.79. The lowest BCUT2D eigenvalue weighted by atomic mass is 10.1. The van der Waals surface area contributed by atoms with Crippen LogP contribution < -0.4 is 4.90 Å². The Kier molecular flexibility index (Phi) is 4.31. The zero-order chi connectivity index (χ0) is 17.4. The summed E-state index contributed by atoms with van der Waals surface area (Å²) in [6.45, 7) is 2.51. The third-order valence-electron chi connectivity index (χ3n) is 4.33. The van der Waals surface area contributed by atoms with Crippen LogP contribution in [-0.2, 0) is 11.2 Å². The molecule has 7 heteroatoms. The van der Waals surface area contributed by atoms with E-state index in [4.69, 9.17) is 16.1 Å². The molecular formula is C18H16ClN3O2S. The first-order valence-electron chi connectivity index (χ1n) is 8.01. The number of hydrogen-bond donors (Lipinski definition) is 0. The first-order valence-corrected chi connectivity index (χ1v) is 9.27. The second kappa shape index (κ2) is 6.61. The minimum atomic E-state index is -0.0524. The molecule has 0 bridgehead atoms. The molecule has 2 aromatic heterocycles. The van der Waals surface area contributed by atoms with Crippen LogP contribution in [0.5, 0.6) is 0 Å². The summed E-state index contributed by atoms with van der Waals surface area (Å²) in [6.07, 6.45) is 1.02. The van der Waals surface area contributed by atoms with Crippen LogP contribution in [0.1, 0.15) is 34.5 Å². The number of rotatable bonds is 4. The Hall–Kier alpha value is -2.18. The summed E-state index contributed by atoms with van der Waals surface area (Å²) in [5.41, 5.74) is 1.87. The molecule has 1 saturated heterocycles. The molecule has 1 aliphatic heterocycles. The second-order valence-electron chi connectivity index (χ2n) is 6.14. The highest BCUT2D eigenvalue weighted by atomic mass is 35.5. The van der Waals surface area contributed by atoms with Crippen molar-refractivity contribution in [2.45, 2.75) is 25.7 Å². The van der Waals surface area contributed by atoms with Gasteiger partial charge in [-0.15, -0.1) is 11.3 Å². The molecular weight excluding hydrogens is 358 g/mol. The van der Waals surface area contributed by atoms with Gasteiger partial charge in [-0.25, -0.2) is 0 Å². The number of hydrogen-bond acceptors (Lipinski definition) is 5. The van der Waals surface area contributed by atoms with E-state index in [1.54, 1.807) is 22.3 Å². The number of halogens is 1. The SMILES string of the molecule is Cc1cc(Cl)ccc1N1CC(c2noc(Cc3cccs3)n2)CC1=O. The second-order valence-corrected chi connectivity index (χ2v) is 7.61. The largest absolute Gasteiger partial charge is 0.339 e. The average molecular weight is 374 g/mol. The van der Waals surface area contributed by atoms with Crippen LogP contribution >= 0.6 is 22.9 Å². The van der Waals surface area contributed by atoms with Crippen LogP contribution in [0.15, 0.2) is 40.2 Å². The monoisotopic (exact) mass is 373 g/mol. The molecule has 128 valence electrons. The van der Waals surface area contributed by atoms with Crippen molar-refractivity contribution in [3.8, 4) is 0 Å². The molecule has 0 spiro atoms. The molecule has 1 amide bonds. The van der Waals surface area contributed by atoms with Crippen molar-refractivity contribution in [3.63, 3.8) is 0 Å². The summed E-state index contributed by atoms with van der Waals surface area (Å²) in [4.78, 5) is 19.9. The van der Waals surface area contributed by atoms with Crippen molar-refractivity contribution in [1.29, 1.82) is 0 Å². The topological polar surface area (TPSA) is 59.2 Å². The Balaban J connectivity index is 1.51. The zero-order valence-corrected chi connectivity index (χ0v) is 15.2. The van der Waals surface area contributed by atoms with Gasteiger partial charge in [0.2, 0.25) is 11.8 Å². The van der Waals surface area contributed by atoms with Crippen LogP contribution in [0.3, 0.4) is 0 Å². The van der Waals surface area contributed by atoms with Crippen LogP contribution in [0.25, 0.3) is 0 Å². The minimum absolute atomic E-state index is 0.0524. The Bertz CT molecular complexity index is 907. The van der Waals surface area contributed by atoms with E-state index in [1.165, 1.54) is 4.88 Å². The molecule has 1 fully saturated rings. The van der Waals surface area contributed by atoms with Crippen molar-refractivity contribution < 1.29 is 9.32 Å². The predicted molar refractivity (Wildman–Crippen MR) is 97.3 cm³/mol. The Morgan fingerprint density at radius 2 is 2.28 bits per heavy atom. The molecule has 3 aromatic rings. The number of benzene rings is 1. The van der Waals surface area contributed by atoms with Crippen LogP contribution in [-0.4, -0.2) is 22.6 Å². The number of aryl methyl sites for hydroxylation is 1. The number of anilines is 1. The molecule has 1 atom stereocenters. The maximum absolute atomic E-state index is 12.5. The molecule has 0 radical (unpaired) electrons. The van der Waals surface area contributed by atoms with E-state index < -0.39 is 0 Å². The summed E-state index contributed by atoms with van der Waals surface area (Å²) in [7, 11) is 0. The Morgan fingerprint density at radius 1 is 1.40 bits per heavy atom. The van der Waals surface area contributed by atoms with Gasteiger partial charge >= 0.3 is 0 Å². The number of carbonyl (C=O) groups is 1. The van der Waals surface area contributed by atoms with E-state index in [2.05, 4.69) is 10.1 Å². The highest BCUT2D eigenvalue weighted by molar-refractivity contribution is 7.09. The number of aromatic nitrogens is 2. The van der Waals surface area contributed by atoms with Gasteiger partial charge in [0.15, 0.2) is 5.82 Å². The van der Waals surface area contributed by atoms with Crippen LogP contribution in [0, 0.1) is 6.92 Å². The lowest BCUT2D eigenvalue weighted by Gasteiger charge is -2.18. The third-order valence-corrected chi connectivity index (χ3v) is 5.44. The first kappa shape index (κ1) is 16.3. The van der Waals surface area contributed by atoms with E-state index in [1.807, 2.05) is 36.6 Å². The van der Waals surface area contributed by atoms with Gasteiger partial charge in [-0.3, -0.25) is 4.79 Å². The lowest BCUT2D eigenvalue weighted by molar-refractivity contribution is -0.117. The zero-order valence-electron chi connectivity index (χ0n) is 13.6. The fourth-order valence-corrected chi connectivity index (χ4v) is 4.03. The fourth-order valence-electron chi connectivity index (χ4n) is 3.10. The van der Waals surface area contributed by atoms with Gasteiger partial charge in [-0.2, -0.15) is 4.98 Å². The number of nitrogens with zero attached hydrogens (tertiary/aromatic N) is 3. The van der Waals surface area contributed by atoms with Gasteiger partial charge in [0.05, 0.1) is 6.42 Å². The maximum atomic E-state index is 12.5.